The number of rotatable bonds is 6. The molecule has 0 unspecified atom stereocenters. The molecule has 1 aliphatic heterocycles. The highest BCUT2D eigenvalue weighted by Crippen LogP contribution is 2.22. The predicted octanol–water partition coefficient (Wildman–Crippen LogP) is 0.778. The third-order valence-corrected chi connectivity index (χ3v) is 4.92. The minimum atomic E-state index is 0.226. The molecule has 21 heavy (non-hydrogen) atoms. The van der Waals surface area contributed by atoms with Crippen molar-refractivity contribution in [3.63, 3.8) is 0 Å². The molecule has 0 radical (unpaired) electrons. The molecule has 0 atom stereocenters. The number of aliphatic hydroxyl groups is 1. The summed E-state index contributed by atoms with van der Waals surface area (Å²) in [6.07, 6.45) is 6.24. The zero-order valence-electron chi connectivity index (χ0n) is 13.5. The second-order valence-electron chi connectivity index (χ2n) is 6.31. The van der Waals surface area contributed by atoms with E-state index < -0.39 is 0 Å². The topological polar surface area (TPSA) is 47.0 Å². The minimum Gasteiger partial charge on any atom is -0.395 e. The van der Waals surface area contributed by atoms with Crippen LogP contribution in [0.15, 0.2) is 0 Å². The van der Waals surface area contributed by atoms with Gasteiger partial charge in [-0.3, -0.25) is 14.6 Å². The fraction of sp³-hybridized carbons (Fsp3) is 0.938. The molecule has 2 fully saturated rings. The van der Waals surface area contributed by atoms with Crippen molar-refractivity contribution in [3.05, 3.63) is 0 Å². The largest absolute Gasteiger partial charge is 0.395 e. The van der Waals surface area contributed by atoms with Crippen molar-refractivity contribution in [3.8, 4) is 0 Å². The highest BCUT2D eigenvalue weighted by atomic mass is 16.3. The van der Waals surface area contributed by atoms with Crippen LogP contribution in [-0.2, 0) is 4.79 Å². The fourth-order valence-electron chi connectivity index (χ4n) is 3.63. The first-order valence-electron chi connectivity index (χ1n) is 8.59. The number of aliphatic hydroxyl groups excluding tert-OH is 1. The summed E-state index contributed by atoms with van der Waals surface area (Å²) in [7, 11) is 0. The smallest absolute Gasteiger partial charge is 0.236 e. The molecule has 122 valence electrons. The van der Waals surface area contributed by atoms with Gasteiger partial charge in [-0.1, -0.05) is 19.3 Å². The summed E-state index contributed by atoms with van der Waals surface area (Å²) in [6.45, 7) is 8.29. The Morgan fingerprint density at radius 1 is 1.10 bits per heavy atom. The Labute approximate surface area is 128 Å². The summed E-state index contributed by atoms with van der Waals surface area (Å²) in [5, 5.41) is 8.96. The number of hydrogen-bond donors (Lipinski definition) is 1. The molecule has 0 aromatic rings. The Kier molecular flexibility index (Phi) is 6.93. The summed E-state index contributed by atoms with van der Waals surface area (Å²) >= 11 is 0. The lowest BCUT2D eigenvalue weighted by Crippen LogP contribution is -2.52. The van der Waals surface area contributed by atoms with Crippen LogP contribution in [0.1, 0.15) is 39.0 Å². The Balaban J connectivity index is 1.77. The molecule has 5 heteroatoms. The first-order valence-corrected chi connectivity index (χ1v) is 8.59. The molecule has 1 saturated heterocycles. The molecule has 2 rings (SSSR count). The van der Waals surface area contributed by atoms with E-state index in [4.69, 9.17) is 5.11 Å². The molecule has 2 aliphatic rings. The van der Waals surface area contributed by atoms with Crippen molar-refractivity contribution in [2.45, 2.75) is 45.1 Å². The van der Waals surface area contributed by atoms with Crippen LogP contribution in [-0.4, -0.2) is 84.2 Å². The van der Waals surface area contributed by atoms with Crippen LogP contribution in [0, 0.1) is 0 Å². The molecular weight excluding hydrogens is 266 g/mol. The van der Waals surface area contributed by atoms with E-state index in [0.717, 1.165) is 39.3 Å². The lowest BCUT2D eigenvalue weighted by Gasteiger charge is -2.37. The van der Waals surface area contributed by atoms with Crippen molar-refractivity contribution in [2.24, 2.45) is 0 Å². The quantitative estimate of drug-likeness (QED) is 0.787. The zero-order valence-corrected chi connectivity index (χ0v) is 13.5. The van der Waals surface area contributed by atoms with E-state index >= 15 is 0 Å². The van der Waals surface area contributed by atoms with Crippen molar-refractivity contribution >= 4 is 5.91 Å². The zero-order chi connectivity index (χ0) is 15.1. The summed E-state index contributed by atoms with van der Waals surface area (Å²) in [5.74, 6) is 0.306. The molecule has 0 spiro atoms. The van der Waals surface area contributed by atoms with Crippen molar-refractivity contribution in [1.82, 2.24) is 14.7 Å². The van der Waals surface area contributed by atoms with E-state index in [1.165, 1.54) is 32.1 Å². The number of carbonyl (C=O) groups excluding carboxylic acids is 1. The summed E-state index contributed by atoms with van der Waals surface area (Å²) in [6, 6.07) is 0.479. The van der Waals surface area contributed by atoms with Crippen LogP contribution in [0.25, 0.3) is 0 Å². The van der Waals surface area contributed by atoms with Crippen LogP contribution in [0.2, 0.25) is 0 Å². The van der Waals surface area contributed by atoms with Crippen LogP contribution in [0.3, 0.4) is 0 Å². The number of carbonyl (C=O) groups is 1. The van der Waals surface area contributed by atoms with E-state index in [-0.39, 0.29) is 6.61 Å². The number of piperazine rings is 1. The van der Waals surface area contributed by atoms with E-state index in [2.05, 4.69) is 21.6 Å². The fourth-order valence-corrected chi connectivity index (χ4v) is 3.63. The van der Waals surface area contributed by atoms with Gasteiger partial charge in [-0.25, -0.2) is 0 Å². The number of nitrogens with zero attached hydrogens (tertiary/aromatic N) is 3. The number of likely N-dealkylation sites (N-methyl/N-ethyl adjacent to an activating group) is 1. The van der Waals surface area contributed by atoms with E-state index in [9.17, 15) is 4.79 Å². The molecule has 0 bridgehead atoms. The molecule has 0 aromatic carbocycles. The summed E-state index contributed by atoms with van der Waals surface area (Å²) in [4.78, 5) is 19.2. The van der Waals surface area contributed by atoms with E-state index in [1.807, 2.05) is 0 Å². The maximum Gasteiger partial charge on any atom is 0.236 e. The predicted molar refractivity (Wildman–Crippen MR) is 84.2 cm³/mol. The average molecular weight is 297 g/mol. The highest BCUT2D eigenvalue weighted by Gasteiger charge is 2.26. The normalized spacial score (nSPS) is 22.4. The van der Waals surface area contributed by atoms with Gasteiger partial charge in [-0.2, -0.15) is 0 Å². The van der Waals surface area contributed by atoms with Gasteiger partial charge >= 0.3 is 0 Å². The van der Waals surface area contributed by atoms with Gasteiger partial charge in [0.05, 0.1) is 13.2 Å². The number of amides is 1. The molecular formula is C16H31N3O2. The Hall–Kier alpha value is -0.650. The maximum atomic E-state index is 12.6. The van der Waals surface area contributed by atoms with E-state index in [1.54, 1.807) is 0 Å². The molecule has 1 N–H and O–H groups in total. The van der Waals surface area contributed by atoms with Gasteiger partial charge in [0.15, 0.2) is 0 Å². The first-order chi connectivity index (χ1) is 10.2. The SMILES string of the molecule is CCN(C(=O)CN1CCN(CCO)CC1)C1CCCCC1. The first kappa shape index (κ1) is 16.7. The van der Waals surface area contributed by atoms with Crippen molar-refractivity contribution in [1.29, 1.82) is 0 Å². The third kappa shape index (κ3) is 4.94. The van der Waals surface area contributed by atoms with Gasteiger partial charge < -0.3 is 10.0 Å². The molecule has 1 aliphatic carbocycles. The maximum absolute atomic E-state index is 12.6. The molecule has 1 saturated carbocycles. The standard InChI is InChI=1S/C16H31N3O2/c1-2-19(15-6-4-3-5-7-15)16(21)14-18-10-8-17(9-11-18)12-13-20/h15,20H,2-14H2,1H3. The van der Waals surface area contributed by atoms with Gasteiger partial charge in [-0.15, -0.1) is 0 Å². The average Bonchev–Trinajstić information content (AvgIpc) is 2.51. The third-order valence-electron chi connectivity index (χ3n) is 4.92. The Morgan fingerprint density at radius 2 is 1.71 bits per heavy atom. The van der Waals surface area contributed by atoms with Gasteiger partial charge in [0.25, 0.3) is 0 Å². The van der Waals surface area contributed by atoms with Crippen LogP contribution >= 0.6 is 0 Å². The lowest BCUT2D eigenvalue weighted by atomic mass is 9.94. The van der Waals surface area contributed by atoms with Gasteiger partial charge in [0, 0.05) is 45.3 Å². The number of hydrogen-bond acceptors (Lipinski definition) is 4. The minimum absolute atomic E-state index is 0.226. The molecule has 0 aromatic heterocycles. The molecule has 1 heterocycles. The van der Waals surface area contributed by atoms with Gasteiger partial charge in [0.1, 0.15) is 0 Å². The second kappa shape index (κ2) is 8.71. The van der Waals surface area contributed by atoms with Crippen molar-refractivity contribution < 1.29 is 9.90 Å². The van der Waals surface area contributed by atoms with Crippen molar-refractivity contribution in [2.75, 3.05) is 52.4 Å². The van der Waals surface area contributed by atoms with Crippen LogP contribution in [0.5, 0.6) is 0 Å². The summed E-state index contributed by atoms with van der Waals surface area (Å²) in [5.41, 5.74) is 0. The van der Waals surface area contributed by atoms with Crippen LogP contribution in [0.4, 0.5) is 0 Å². The number of β-amino-alcohol motifs (C(OH)–C–C–N with tert-alkyl or cyclic N) is 1. The Morgan fingerprint density at radius 3 is 2.29 bits per heavy atom. The van der Waals surface area contributed by atoms with E-state index in [0.29, 0.717) is 18.5 Å². The Bertz CT molecular complexity index is 311. The molecule has 5 nitrogen and oxygen atoms in total. The molecule has 1 amide bonds. The van der Waals surface area contributed by atoms with Crippen LogP contribution < -0.4 is 0 Å². The summed E-state index contributed by atoms with van der Waals surface area (Å²) < 4.78 is 0. The second-order valence-corrected chi connectivity index (χ2v) is 6.31. The van der Waals surface area contributed by atoms with Gasteiger partial charge in [-0.05, 0) is 19.8 Å². The highest BCUT2D eigenvalue weighted by molar-refractivity contribution is 5.78. The monoisotopic (exact) mass is 297 g/mol. The van der Waals surface area contributed by atoms with Gasteiger partial charge in [0.2, 0.25) is 5.91 Å². The lowest BCUT2D eigenvalue weighted by molar-refractivity contribution is -0.135.